The summed E-state index contributed by atoms with van der Waals surface area (Å²) >= 11 is 1.57. The van der Waals surface area contributed by atoms with E-state index < -0.39 is 0 Å². The Kier molecular flexibility index (Phi) is 4.08. The smallest absolute Gasteiger partial charge is 0.232 e. The van der Waals surface area contributed by atoms with Crippen molar-refractivity contribution in [2.24, 2.45) is 0 Å². The van der Waals surface area contributed by atoms with Crippen molar-refractivity contribution >= 4 is 11.3 Å². The van der Waals surface area contributed by atoms with Crippen LogP contribution in [0.25, 0.3) is 5.13 Å². The summed E-state index contributed by atoms with van der Waals surface area (Å²) in [6, 6.07) is 2.48. The second-order valence-electron chi connectivity index (χ2n) is 4.85. The Morgan fingerprint density at radius 3 is 2.67 bits per heavy atom. The highest BCUT2D eigenvalue weighted by atomic mass is 32.1. The average molecular weight is 265 g/mol. The first-order valence-corrected chi connectivity index (χ1v) is 6.99. The Labute approximate surface area is 111 Å². The van der Waals surface area contributed by atoms with Gasteiger partial charge in [0, 0.05) is 18.8 Å². The number of hydrogen-bond donors (Lipinski definition) is 1. The molecule has 2 aromatic rings. The molecule has 2 aromatic heterocycles. The predicted molar refractivity (Wildman–Crippen MR) is 73.1 cm³/mol. The van der Waals surface area contributed by atoms with E-state index in [9.17, 15) is 0 Å². The van der Waals surface area contributed by atoms with Crippen LogP contribution in [-0.2, 0) is 6.54 Å². The normalized spacial score (nSPS) is 11.7. The van der Waals surface area contributed by atoms with Gasteiger partial charge in [0.05, 0.1) is 5.69 Å². The van der Waals surface area contributed by atoms with Crippen LogP contribution in [0.4, 0.5) is 0 Å². The molecule has 1 N–H and O–H groups in total. The first kappa shape index (κ1) is 13.2. The summed E-state index contributed by atoms with van der Waals surface area (Å²) < 4.78 is 1.80. The van der Waals surface area contributed by atoms with Gasteiger partial charge in [-0.25, -0.2) is 4.68 Å². The summed E-state index contributed by atoms with van der Waals surface area (Å²) in [6.45, 7) is 9.25. The third-order valence-corrected chi connectivity index (χ3v) is 3.43. The number of aromatic nitrogens is 4. The molecule has 18 heavy (non-hydrogen) atoms. The van der Waals surface area contributed by atoms with Crippen LogP contribution in [0.15, 0.2) is 12.3 Å². The highest BCUT2D eigenvalue weighted by Gasteiger charge is 2.09. The molecule has 0 aliphatic rings. The van der Waals surface area contributed by atoms with Gasteiger partial charge in [0.25, 0.3) is 0 Å². The summed E-state index contributed by atoms with van der Waals surface area (Å²) in [5.74, 6) is 0.432. The maximum Gasteiger partial charge on any atom is 0.232 e. The zero-order valence-electron chi connectivity index (χ0n) is 11.2. The molecule has 0 atom stereocenters. The molecule has 5 nitrogen and oxygen atoms in total. The Balaban J connectivity index is 2.08. The maximum atomic E-state index is 4.49. The molecule has 0 fully saturated rings. The van der Waals surface area contributed by atoms with Crippen molar-refractivity contribution in [2.45, 2.75) is 46.2 Å². The minimum Gasteiger partial charge on any atom is -0.308 e. The van der Waals surface area contributed by atoms with Crippen molar-refractivity contribution in [3.8, 4) is 5.13 Å². The van der Waals surface area contributed by atoms with Crippen molar-refractivity contribution < 1.29 is 0 Å². The van der Waals surface area contributed by atoms with Crippen LogP contribution in [-0.4, -0.2) is 26.0 Å². The number of nitrogens with zero attached hydrogens (tertiary/aromatic N) is 4. The maximum absolute atomic E-state index is 4.49. The van der Waals surface area contributed by atoms with Crippen LogP contribution in [0.2, 0.25) is 0 Å². The summed E-state index contributed by atoms with van der Waals surface area (Å²) in [4.78, 5) is 0. The van der Waals surface area contributed by atoms with Gasteiger partial charge in [0.1, 0.15) is 5.01 Å². The second kappa shape index (κ2) is 5.58. The molecule has 98 valence electrons. The average Bonchev–Trinajstić information content (AvgIpc) is 2.95. The lowest BCUT2D eigenvalue weighted by molar-refractivity contribution is 0.584. The van der Waals surface area contributed by atoms with E-state index in [0.29, 0.717) is 12.0 Å². The molecular formula is C12H19N5S. The van der Waals surface area contributed by atoms with Crippen molar-refractivity contribution in [2.75, 3.05) is 0 Å². The minimum atomic E-state index is 0.432. The SMILES string of the molecule is CC(C)NCc1nnc(-n2ccc(C(C)C)n2)s1. The molecule has 0 saturated carbocycles. The minimum absolute atomic E-state index is 0.432. The van der Waals surface area contributed by atoms with E-state index in [1.807, 2.05) is 12.3 Å². The predicted octanol–water partition coefficient (Wildman–Crippen LogP) is 2.35. The second-order valence-corrected chi connectivity index (χ2v) is 5.89. The Bertz CT molecular complexity index is 500. The fraction of sp³-hybridized carbons (Fsp3) is 0.583. The van der Waals surface area contributed by atoms with Gasteiger partial charge < -0.3 is 5.32 Å². The van der Waals surface area contributed by atoms with Crippen LogP contribution >= 0.6 is 11.3 Å². The molecule has 6 heteroatoms. The van der Waals surface area contributed by atoms with Crippen LogP contribution in [0.1, 0.15) is 44.3 Å². The van der Waals surface area contributed by atoms with Gasteiger partial charge in [0.15, 0.2) is 0 Å². The quantitative estimate of drug-likeness (QED) is 0.901. The number of nitrogens with one attached hydrogen (secondary N) is 1. The standard InChI is InChI=1S/C12H19N5S/c1-8(2)10-5-6-17(16-10)12-15-14-11(18-12)7-13-9(3)4/h5-6,8-9,13H,7H2,1-4H3. The van der Waals surface area contributed by atoms with E-state index in [-0.39, 0.29) is 0 Å². The molecule has 0 radical (unpaired) electrons. The van der Waals surface area contributed by atoms with Crippen LogP contribution in [0.5, 0.6) is 0 Å². The van der Waals surface area contributed by atoms with Crippen LogP contribution < -0.4 is 5.32 Å². The number of rotatable bonds is 5. The molecule has 2 rings (SSSR count). The lowest BCUT2D eigenvalue weighted by atomic mass is 10.1. The van der Waals surface area contributed by atoms with E-state index in [4.69, 9.17) is 0 Å². The van der Waals surface area contributed by atoms with Gasteiger partial charge in [-0.1, -0.05) is 39.0 Å². The van der Waals surface area contributed by atoms with Crippen molar-refractivity contribution in [1.29, 1.82) is 0 Å². The summed E-state index contributed by atoms with van der Waals surface area (Å²) in [5, 5.41) is 18.0. The van der Waals surface area contributed by atoms with E-state index in [0.717, 1.165) is 22.4 Å². The molecule has 0 saturated heterocycles. The van der Waals surface area contributed by atoms with E-state index in [1.165, 1.54) is 0 Å². The summed E-state index contributed by atoms with van der Waals surface area (Å²) in [7, 11) is 0. The first-order chi connectivity index (χ1) is 8.56. The molecule has 0 unspecified atom stereocenters. The van der Waals surface area contributed by atoms with Gasteiger partial charge in [0.2, 0.25) is 5.13 Å². The lowest BCUT2D eigenvalue weighted by Gasteiger charge is -2.03. The summed E-state index contributed by atoms with van der Waals surface area (Å²) in [5.41, 5.74) is 1.08. The monoisotopic (exact) mass is 265 g/mol. The van der Waals surface area contributed by atoms with Crippen molar-refractivity contribution in [3.05, 3.63) is 23.0 Å². The summed E-state index contributed by atoms with van der Waals surface area (Å²) in [6.07, 6.45) is 1.94. The molecule has 0 aromatic carbocycles. The third-order valence-electron chi connectivity index (χ3n) is 2.51. The molecule has 0 bridgehead atoms. The van der Waals surface area contributed by atoms with Gasteiger partial charge in [-0.15, -0.1) is 10.2 Å². The Morgan fingerprint density at radius 1 is 1.28 bits per heavy atom. The Hall–Kier alpha value is -1.27. The topological polar surface area (TPSA) is 55.6 Å². The highest BCUT2D eigenvalue weighted by molar-refractivity contribution is 7.13. The first-order valence-electron chi connectivity index (χ1n) is 6.18. The van der Waals surface area contributed by atoms with Crippen molar-refractivity contribution in [3.63, 3.8) is 0 Å². The fourth-order valence-corrected chi connectivity index (χ4v) is 2.18. The van der Waals surface area contributed by atoms with E-state index >= 15 is 0 Å². The zero-order chi connectivity index (χ0) is 13.1. The molecule has 0 aliphatic carbocycles. The fourth-order valence-electron chi connectivity index (χ4n) is 1.45. The van der Waals surface area contributed by atoms with Gasteiger partial charge >= 0.3 is 0 Å². The third kappa shape index (κ3) is 3.14. The van der Waals surface area contributed by atoms with Crippen LogP contribution in [0, 0.1) is 0 Å². The number of hydrogen-bond acceptors (Lipinski definition) is 5. The highest BCUT2D eigenvalue weighted by Crippen LogP contribution is 2.17. The molecule has 0 aliphatic heterocycles. The Morgan fingerprint density at radius 2 is 2.06 bits per heavy atom. The van der Waals surface area contributed by atoms with Gasteiger partial charge in [-0.2, -0.15) is 5.10 Å². The van der Waals surface area contributed by atoms with E-state index in [2.05, 4.69) is 48.3 Å². The molecule has 2 heterocycles. The zero-order valence-corrected chi connectivity index (χ0v) is 12.0. The molecular weight excluding hydrogens is 246 g/mol. The lowest BCUT2D eigenvalue weighted by Crippen LogP contribution is -2.21. The van der Waals surface area contributed by atoms with E-state index in [1.54, 1.807) is 16.0 Å². The van der Waals surface area contributed by atoms with Gasteiger partial charge in [-0.3, -0.25) is 0 Å². The van der Waals surface area contributed by atoms with Gasteiger partial charge in [-0.05, 0) is 12.0 Å². The van der Waals surface area contributed by atoms with Crippen LogP contribution in [0.3, 0.4) is 0 Å². The largest absolute Gasteiger partial charge is 0.308 e. The molecule has 0 amide bonds. The molecule has 0 spiro atoms. The van der Waals surface area contributed by atoms with Crippen molar-refractivity contribution in [1.82, 2.24) is 25.3 Å².